The van der Waals surface area contributed by atoms with Crippen LogP contribution in [0.25, 0.3) is 0 Å². The highest BCUT2D eigenvalue weighted by Gasteiger charge is 2.09. The molecule has 0 bridgehead atoms. The second-order valence-corrected chi connectivity index (χ2v) is 3.50. The molecule has 0 aliphatic heterocycles. The summed E-state index contributed by atoms with van der Waals surface area (Å²) in [5, 5.41) is 12.2. The maximum atomic E-state index is 8.95. The van der Waals surface area contributed by atoms with Crippen LogP contribution >= 0.6 is 0 Å². The van der Waals surface area contributed by atoms with Crippen molar-refractivity contribution in [3.63, 3.8) is 0 Å². The molecule has 0 aliphatic carbocycles. The fourth-order valence-corrected chi connectivity index (χ4v) is 1.52. The molecule has 0 fully saturated rings. The minimum absolute atomic E-state index is 0.0458. The zero-order valence-corrected chi connectivity index (χ0v) is 8.94. The zero-order chi connectivity index (χ0) is 11.4. The Morgan fingerprint density at radius 2 is 2.25 bits per heavy atom. The number of para-hydroxylation sites is 1. The molecule has 0 radical (unpaired) electrons. The van der Waals surface area contributed by atoms with Gasteiger partial charge in [-0.3, -0.25) is 0 Å². The Bertz CT molecular complexity index is 496. The first-order valence-corrected chi connectivity index (χ1v) is 5.06. The number of imidazole rings is 1. The number of nitriles is 1. The average molecular weight is 212 g/mol. The number of rotatable bonds is 3. The third-order valence-electron chi connectivity index (χ3n) is 2.35. The second-order valence-electron chi connectivity index (χ2n) is 3.50. The topological polar surface area (TPSA) is 64.5 Å². The standard InChI is InChI=1S/C12H12N4/c1-9(12-14-6-7-15-12)16-11-5-3-2-4-10(11)8-13/h2-7,9,16H,1H3,(H,14,15). The molecule has 2 aromatic rings. The van der Waals surface area contributed by atoms with Crippen molar-refractivity contribution in [2.24, 2.45) is 0 Å². The van der Waals surface area contributed by atoms with Crippen molar-refractivity contribution in [3.05, 3.63) is 48.0 Å². The molecule has 80 valence electrons. The van der Waals surface area contributed by atoms with Crippen LogP contribution in [0.2, 0.25) is 0 Å². The van der Waals surface area contributed by atoms with E-state index in [4.69, 9.17) is 5.26 Å². The molecule has 1 aromatic heterocycles. The number of nitrogens with one attached hydrogen (secondary N) is 2. The fraction of sp³-hybridized carbons (Fsp3) is 0.167. The van der Waals surface area contributed by atoms with E-state index >= 15 is 0 Å². The minimum Gasteiger partial charge on any atom is -0.374 e. The molecule has 1 heterocycles. The van der Waals surface area contributed by atoms with Gasteiger partial charge in [0.1, 0.15) is 11.9 Å². The Balaban J connectivity index is 2.19. The number of benzene rings is 1. The van der Waals surface area contributed by atoms with Gasteiger partial charge in [0, 0.05) is 12.4 Å². The number of anilines is 1. The lowest BCUT2D eigenvalue weighted by atomic mass is 10.2. The van der Waals surface area contributed by atoms with E-state index in [1.54, 1.807) is 18.5 Å². The van der Waals surface area contributed by atoms with Crippen LogP contribution in [0.3, 0.4) is 0 Å². The van der Waals surface area contributed by atoms with Gasteiger partial charge in [0.05, 0.1) is 17.3 Å². The smallest absolute Gasteiger partial charge is 0.128 e. The fourth-order valence-electron chi connectivity index (χ4n) is 1.52. The summed E-state index contributed by atoms with van der Waals surface area (Å²) in [6, 6.07) is 9.62. The van der Waals surface area contributed by atoms with Crippen LogP contribution in [0.15, 0.2) is 36.7 Å². The largest absolute Gasteiger partial charge is 0.374 e. The summed E-state index contributed by atoms with van der Waals surface area (Å²) in [5.74, 6) is 0.854. The first kappa shape index (κ1) is 10.2. The van der Waals surface area contributed by atoms with Gasteiger partial charge in [0.2, 0.25) is 0 Å². The molecular formula is C12H12N4. The number of aromatic nitrogens is 2. The van der Waals surface area contributed by atoms with Crippen LogP contribution in [-0.4, -0.2) is 9.97 Å². The van der Waals surface area contributed by atoms with Gasteiger partial charge in [0.15, 0.2) is 0 Å². The summed E-state index contributed by atoms with van der Waals surface area (Å²) >= 11 is 0. The monoisotopic (exact) mass is 212 g/mol. The predicted molar refractivity (Wildman–Crippen MR) is 61.8 cm³/mol. The molecule has 0 aliphatic rings. The van der Waals surface area contributed by atoms with Gasteiger partial charge < -0.3 is 10.3 Å². The first-order chi connectivity index (χ1) is 7.81. The number of H-pyrrole nitrogens is 1. The third-order valence-corrected chi connectivity index (χ3v) is 2.35. The zero-order valence-electron chi connectivity index (χ0n) is 8.94. The van der Waals surface area contributed by atoms with Crippen LogP contribution in [0.5, 0.6) is 0 Å². The molecule has 0 saturated carbocycles. The van der Waals surface area contributed by atoms with E-state index in [2.05, 4.69) is 21.4 Å². The van der Waals surface area contributed by atoms with Crippen LogP contribution < -0.4 is 5.32 Å². The first-order valence-electron chi connectivity index (χ1n) is 5.06. The van der Waals surface area contributed by atoms with Crippen LogP contribution in [0.4, 0.5) is 5.69 Å². The number of aromatic amines is 1. The Labute approximate surface area is 94.0 Å². The summed E-state index contributed by atoms with van der Waals surface area (Å²) in [5.41, 5.74) is 1.47. The highest BCUT2D eigenvalue weighted by Crippen LogP contribution is 2.19. The van der Waals surface area contributed by atoms with Crippen molar-refractivity contribution in [1.29, 1.82) is 5.26 Å². The van der Waals surface area contributed by atoms with Gasteiger partial charge in [0.25, 0.3) is 0 Å². The summed E-state index contributed by atoms with van der Waals surface area (Å²) in [7, 11) is 0. The Hall–Kier alpha value is -2.28. The molecule has 0 spiro atoms. The highest BCUT2D eigenvalue weighted by atomic mass is 15.0. The van der Waals surface area contributed by atoms with Gasteiger partial charge in [-0.25, -0.2) is 4.98 Å². The SMILES string of the molecule is CC(Nc1ccccc1C#N)c1ncc[nH]1. The van der Waals surface area contributed by atoms with E-state index in [0.29, 0.717) is 5.56 Å². The van der Waals surface area contributed by atoms with Crippen molar-refractivity contribution in [2.75, 3.05) is 5.32 Å². The van der Waals surface area contributed by atoms with E-state index < -0.39 is 0 Å². The quantitative estimate of drug-likeness (QED) is 0.821. The molecule has 2 rings (SSSR count). The number of hydrogen-bond donors (Lipinski definition) is 2. The number of nitrogens with zero attached hydrogens (tertiary/aromatic N) is 2. The molecule has 2 N–H and O–H groups in total. The lowest BCUT2D eigenvalue weighted by Gasteiger charge is -2.13. The van der Waals surface area contributed by atoms with Gasteiger partial charge in [-0.1, -0.05) is 12.1 Å². The van der Waals surface area contributed by atoms with Crippen molar-refractivity contribution in [3.8, 4) is 6.07 Å². The molecule has 16 heavy (non-hydrogen) atoms. The summed E-state index contributed by atoms with van der Waals surface area (Å²) in [4.78, 5) is 7.20. The molecule has 1 unspecified atom stereocenters. The van der Waals surface area contributed by atoms with E-state index in [0.717, 1.165) is 11.5 Å². The normalized spacial score (nSPS) is 11.8. The maximum Gasteiger partial charge on any atom is 0.128 e. The Morgan fingerprint density at radius 3 is 2.94 bits per heavy atom. The Kier molecular flexibility index (Phi) is 2.88. The summed E-state index contributed by atoms with van der Waals surface area (Å²) in [6.45, 7) is 1.99. The highest BCUT2D eigenvalue weighted by molar-refractivity contribution is 5.57. The van der Waals surface area contributed by atoms with Crippen molar-refractivity contribution >= 4 is 5.69 Å². The molecule has 1 atom stereocenters. The van der Waals surface area contributed by atoms with Gasteiger partial charge >= 0.3 is 0 Å². The Morgan fingerprint density at radius 1 is 1.44 bits per heavy atom. The molecule has 0 amide bonds. The molecule has 4 heteroatoms. The van der Waals surface area contributed by atoms with E-state index in [1.807, 2.05) is 25.1 Å². The minimum atomic E-state index is 0.0458. The van der Waals surface area contributed by atoms with Gasteiger partial charge in [-0.05, 0) is 19.1 Å². The van der Waals surface area contributed by atoms with E-state index in [-0.39, 0.29) is 6.04 Å². The van der Waals surface area contributed by atoms with Crippen molar-refractivity contribution in [1.82, 2.24) is 9.97 Å². The predicted octanol–water partition coefficient (Wildman–Crippen LogP) is 2.45. The second kappa shape index (κ2) is 4.49. The van der Waals surface area contributed by atoms with E-state index in [1.165, 1.54) is 0 Å². The van der Waals surface area contributed by atoms with Gasteiger partial charge in [-0.15, -0.1) is 0 Å². The molecule has 1 aromatic carbocycles. The van der Waals surface area contributed by atoms with Crippen molar-refractivity contribution < 1.29 is 0 Å². The third kappa shape index (κ3) is 2.04. The maximum absolute atomic E-state index is 8.95. The van der Waals surface area contributed by atoms with Crippen LogP contribution in [-0.2, 0) is 0 Å². The molecular weight excluding hydrogens is 200 g/mol. The number of hydrogen-bond acceptors (Lipinski definition) is 3. The van der Waals surface area contributed by atoms with Crippen LogP contribution in [0, 0.1) is 11.3 Å². The van der Waals surface area contributed by atoms with Gasteiger partial charge in [-0.2, -0.15) is 5.26 Å². The lowest BCUT2D eigenvalue weighted by Crippen LogP contribution is -2.09. The van der Waals surface area contributed by atoms with Crippen LogP contribution in [0.1, 0.15) is 24.4 Å². The average Bonchev–Trinajstić information content (AvgIpc) is 2.83. The lowest BCUT2D eigenvalue weighted by molar-refractivity contribution is 0.810. The molecule has 4 nitrogen and oxygen atoms in total. The summed E-state index contributed by atoms with van der Waals surface area (Å²) in [6.07, 6.45) is 3.49. The molecule has 0 saturated heterocycles. The summed E-state index contributed by atoms with van der Waals surface area (Å²) < 4.78 is 0. The van der Waals surface area contributed by atoms with Crippen molar-refractivity contribution in [2.45, 2.75) is 13.0 Å². The van der Waals surface area contributed by atoms with E-state index in [9.17, 15) is 0 Å².